The molecule has 0 aliphatic carbocycles. The van der Waals surface area contributed by atoms with Gasteiger partial charge in [0.25, 0.3) is 5.56 Å². The van der Waals surface area contributed by atoms with Crippen molar-refractivity contribution in [3.63, 3.8) is 0 Å². The number of pyridine rings is 1. The molecule has 0 saturated carbocycles. The summed E-state index contributed by atoms with van der Waals surface area (Å²) in [5.41, 5.74) is 2.98. The van der Waals surface area contributed by atoms with E-state index in [0.717, 1.165) is 22.9 Å². The fourth-order valence-electron chi connectivity index (χ4n) is 3.86. The number of aromatic nitrogens is 1. The van der Waals surface area contributed by atoms with Crippen LogP contribution < -0.4 is 15.0 Å². The Labute approximate surface area is 217 Å². The third-order valence-corrected chi connectivity index (χ3v) is 7.08. The van der Waals surface area contributed by atoms with E-state index in [2.05, 4.69) is 9.71 Å². The van der Waals surface area contributed by atoms with Crippen LogP contribution in [-0.2, 0) is 20.2 Å². The molecule has 9 heteroatoms. The van der Waals surface area contributed by atoms with Crippen LogP contribution in [0.3, 0.4) is 0 Å². The largest absolute Gasteiger partial charge is 0.496 e. The van der Waals surface area contributed by atoms with E-state index < -0.39 is 15.8 Å². The van der Waals surface area contributed by atoms with Crippen LogP contribution >= 0.6 is 0 Å². The molecule has 0 radical (unpaired) electrons. The number of benzene rings is 2. The Hall–Kier alpha value is -3.43. The first-order valence-electron chi connectivity index (χ1n) is 11.8. The Balaban J connectivity index is 1.95. The van der Waals surface area contributed by atoms with Crippen molar-refractivity contribution >= 4 is 27.9 Å². The summed E-state index contributed by atoms with van der Waals surface area (Å²) in [6.07, 6.45) is 5.16. The number of halogens is 1. The lowest BCUT2D eigenvalue weighted by Gasteiger charge is -2.24. The standard InChI is InChI=1S/C28H33FN2O5S/c1-28(2,3)25-16-21(24-17-22(29)18-30-27(24)32)15-20(26(25)36-5)10-7-19-8-11-23(12-9-19)31-37(33,34)14-6-13-35-4/h7-12,15-18,31H,6,13-14H2,1-5H3,(H,30,32)/b10-7+. The molecule has 3 rings (SSSR count). The molecule has 1 heterocycles. The van der Waals surface area contributed by atoms with Gasteiger partial charge in [0.1, 0.15) is 11.6 Å². The monoisotopic (exact) mass is 528 g/mol. The van der Waals surface area contributed by atoms with Gasteiger partial charge < -0.3 is 14.5 Å². The Bertz CT molecular complexity index is 1420. The van der Waals surface area contributed by atoms with Gasteiger partial charge in [-0.15, -0.1) is 0 Å². The number of rotatable bonds is 10. The maximum atomic E-state index is 13.9. The van der Waals surface area contributed by atoms with Crippen molar-refractivity contribution in [1.82, 2.24) is 4.98 Å². The Morgan fingerprint density at radius 1 is 1.05 bits per heavy atom. The van der Waals surface area contributed by atoms with Crippen LogP contribution in [0.4, 0.5) is 10.1 Å². The smallest absolute Gasteiger partial charge is 0.256 e. The number of ether oxygens (including phenoxy) is 2. The molecule has 0 aliphatic heterocycles. The molecule has 37 heavy (non-hydrogen) atoms. The van der Waals surface area contributed by atoms with E-state index in [1.165, 1.54) is 13.2 Å². The number of hydrogen-bond donors (Lipinski definition) is 2. The molecule has 7 nitrogen and oxygen atoms in total. The first-order chi connectivity index (χ1) is 17.4. The second kappa shape index (κ2) is 11.7. The predicted molar refractivity (Wildman–Crippen MR) is 147 cm³/mol. The van der Waals surface area contributed by atoms with Crippen molar-refractivity contribution in [2.75, 3.05) is 31.3 Å². The predicted octanol–water partition coefficient (Wildman–Crippen LogP) is 5.44. The van der Waals surface area contributed by atoms with Gasteiger partial charge in [-0.05, 0) is 53.3 Å². The Morgan fingerprint density at radius 2 is 1.76 bits per heavy atom. The number of H-pyrrole nitrogens is 1. The maximum Gasteiger partial charge on any atom is 0.256 e. The van der Waals surface area contributed by atoms with Gasteiger partial charge in [-0.3, -0.25) is 9.52 Å². The molecule has 0 aliphatic rings. The number of aromatic amines is 1. The van der Waals surface area contributed by atoms with Crippen LogP contribution in [0.15, 0.2) is 53.5 Å². The summed E-state index contributed by atoms with van der Waals surface area (Å²) in [7, 11) is -0.341. The summed E-state index contributed by atoms with van der Waals surface area (Å²) in [6.45, 7) is 6.48. The fraction of sp³-hybridized carbons (Fsp3) is 0.321. The lowest BCUT2D eigenvalue weighted by atomic mass is 9.83. The van der Waals surface area contributed by atoms with Gasteiger partial charge in [0, 0.05) is 42.3 Å². The van der Waals surface area contributed by atoms with Crippen molar-refractivity contribution in [2.24, 2.45) is 0 Å². The van der Waals surface area contributed by atoms with E-state index in [1.54, 1.807) is 37.4 Å². The molecule has 0 saturated heterocycles. The molecule has 0 amide bonds. The second-order valence-electron chi connectivity index (χ2n) is 9.68. The van der Waals surface area contributed by atoms with E-state index in [4.69, 9.17) is 9.47 Å². The number of anilines is 1. The Kier molecular flexibility index (Phi) is 8.94. The van der Waals surface area contributed by atoms with Crippen molar-refractivity contribution in [3.8, 4) is 16.9 Å². The third kappa shape index (κ3) is 7.53. The molecular formula is C28H33FN2O5S. The highest BCUT2D eigenvalue weighted by molar-refractivity contribution is 7.92. The van der Waals surface area contributed by atoms with Gasteiger partial charge in [0.05, 0.1) is 12.9 Å². The molecule has 198 valence electrons. The van der Waals surface area contributed by atoms with Gasteiger partial charge in [0.2, 0.25) is 10.0 Å². The highest BCUT2D eigenvalue weighted by Crippen LogP contribution is 2.38. The number of sulfonamides is 1. The maximum absolute atomic E-state index is 13.9. The van der Waals surface area contributed by atoms with Crippen LogP contribution in [0.1, 0.15) is 43.9 Å². The summed E-state index contributed by atoms with van der Waals surface area (Å²) in [5.74, 6) is 0.0955. The molecule has 2 aromatic carbocycles. The highest BCUT2D eigenvalue weighted by atomic mass is 32.2. The van der Waals surface area contributed by atoms with Gasteiger partial charge in [-0.1, -0.05) is 45.1 Å². The summed E-state index contributed by atoms with van der Waals surface area (Å²) < 4.78 is 51.6. The zero-order chi connectivity index (χ0) is 27.2. The average molecular weight is 529 g/mol. The quantitative estimate of drug-likeness (QED) is 0.270. The SMILES string of the molecule is COCCCS(=O)(=O)Nc1ccc(/C=C/c2cc(-c3cc(F)c[nH]c3=O)cc(C(C)(C)C)c2OC)cc1. The van der Waals surface area contributed by atoms with E-state index >= 15 is 0 Å². The molecule has 0 unspecified atom stereocenters. The minimum atomic E-state index is -3.46. The Morgan fingerprint density at radius 3 is 2.38 bits per heavy atom. The third-order valence-electron chi connectivity index (χ3n) is 5.71. The zero-order valence-electron chi connectivity index (χ0n) is 21.7. The van der Waals surface area contributed by atoms with E-state index in [9.17, 15) is 17.6 Å². The van der Waals surface area contributed by atoms with Crippen LogP contribution in [0.2, 0.25) is 0 Å². The second-order valence-corrected chi connectivity index (χ2v) is 11.5. The van der Waals surface area contributed by atoms with Crippen LogP contribution in [0.25, 0.3) is 23.3 Å². The average Bonchev–Trinajstić information content (AvgIpc) is 2.83. The normalized spacial score (nSPS) is 12.2. The van der Waals surface area contributed by atoms with E-state index in [0.29, 0.717) is 30.0 Å². The molecule has 0 bridgehead atoms. The molecule has 2 N–H and O–H groups in total. The molecule has 0 fully saturated rings. The van der Waals surface area contributed by atoms with Crippen molar-refractivity contribution < 1.29 is 22.3 Å². The van der Waals surface area contributed by atoms with Gasteiger partial charge in [-0.2, -0.15) is 0 Å². The molecular weight excluding hydrogens is 495 g/mol. The van der Waals surface area contributed by atoms with Gasteiger partial charge >= 0.3 is 0 Å². The molecule has 3 aromatic rings. The van der Waals surface area contributed by atoms with Crippen molar-refractivity contribution in [3.05, 3.63) is 81.5 Å². The number of methoxy groups -OCH3 is 2. The molecule has 1 aromatic heterocycles. The minimum absolute atomic E-state index is 0.0249. The first-order valence-corrected chi connectivity index (χ1v) is 13.5. The minimum Gasteiger partial charge on any atom is -0.496 e. The van der Waals surface area contributed by atoms with E-state index in [-0.39, 0.29) is 22.3 Å². The molecule has 0 spiro atoms. The molecule has 0 atom stereocenters. The summed E-state index contributed by atoms with van der Waals surface area (Å²) in [4.78, 5) is 14.9. The highest BCUT2D eigenvalue weighted by Gasteiger charge is 2.23. The number of hydrogen-bond acceptors (Lipinski definition) is 5. The summed E-state index contributed by atoms with van der Waals surface area (Å²) in [6, 6.07) is 11.8. The topological polar surface area (TPSA) is 97.5 Å². The van der Waals surface area contributed by atoms with Crippen molar-refractivity contribution in [2.45, 2.75) is 32.6 Å². The van der Waals surface area contributed by atoms with Gasteiger partial charge in [0.15, 0.2) is 0 Å². The fourth-order valence-corrected chi connectivity index (χ4v) is 4.95. The van der Waals surface area contributed by atoms with Crippen LogP contribution in [0.5, 0.6) is 5.75 Å². The lowest BCUT2D eigenvalue weighted by Crippen LogP contribution is -2.17. The van der Waals surface area contributed by atoms with Crippen LogP contribution in [-0.4, -0.2) is 40.0 Å². The van der Waals surface area contributed by atoms with Crippen LogP contribution in [0, 0.1) is 5.82 Å². The van der Waals surface area contributed by atoms with E-state index in [1.807, 2.05) is 39.0 Å². The summed E-state index contributed by atoms with van der Waals surface area (Å²) in [5, 5.41) is 0. The first kappa shape index (κ1) is 28.1. The number of nitrogens with one attached hydrogen (secondary N) is 2. The summed E-state index contributed by atoms with van der Waals surface area (Å²) >= 11 is 0. The van der Waals surface area contributed by atoms with Gasteiger partial charge in [-0.25, -0.2) is 12.8 Å². The lowest BCUT2D eigenvalue weighted by molar-refractivity contribution is 0.199. The zero-order valence-corrected chi connectivity index (χ0v) is 22.5. The van der Waals surface area contributed by atoms with Crippen molar-refractivity contribution in [1.29, 1.82) is 0 Å².